The van der Waals surface area contributed by atoms with Crippen LogP contribution in [0.2, 0.25) is 0 Å². The van der Waals surface area contributed by atoms with Crippen LogP contribution in [-0.4, -0.2) is 57.0 Å². The maximum Gasteiger partial charge on any atom is 0.416 e. The summed E-state index contributed by atoms with van der Waals surface area (Å²) in [6.45, 7) is 4.72. The van der Waals surface area contributed by atoms with Crippen LogP contribution in [0.5, 0.6) is 0 Å². The Balaban J connectivity index is 1.04. The maximum absolute atomic E-state index is 12.9. The number of rotatable bonds is 8. The van der Waals surface area contributed by atoms with Crippen LogP contribution in [0.25, 0.3) is 0 Å². The normalized spacial score (nSPS) is 28.1. The van der Waals surface area contributed by atoms with Gasteiger partial charge < -0.3 is 14.8 Å². The van der Waals surface area contributed by atoms with E-state index in [-0.39, 0.29) is 17.4 Å². The highest BCUT2D eigenvalue weighted by Crippen LogP contribution is 2.64. The van der Waals surface area contributed by atoms with Gasteiger partial charge in [0.05, 0.1) is 5.56 Å². The quantitative estimate of drug-likeness (QED) is 0.364. The first-order chi connectivity index (χ1) is 17.6. The van der Waals surface area contributed by atoms with Gasteiger partial charge in [-0.2, -0.15) is 13.2 Å². The Labute approximate surface area is 220 Å². The largest absolute Gasteiger partial charge is 0.416 e. The van der Waals surface area contributed by atoms with E-state index in [0.717, 1.165) is 86.9 Å². The molecule has 1 amide bonds. The SMILES string of the molecule is CC(=O)NC1CCC(c2nnc(SCCCN3CC[C@]4(CC4c4ccc(C(F)(F)F)cc4)C3)n2C)CC1. The average Bonchev–Trinajstić information content (AvgIpc) is 3.20. The van der Waals surface area contributed by atoms with E-state index in [2.05, 4.69) is 32.0 Å². The Morgan fingerprint density at radius 1 is 1.16 bits per heavy atom. The van der Waals surface area contributed by atoms with Crippen molar-refractivity contribution in [1.82, 2.24) is 25.0 Å². The van der Waals surface area contributed by atoms with Gasteiger partial charge in [0.1, 0.15) is 5.82 Å². The summed E-state index contributed by atoms with van der Waals surface area (Å²) in [4.78, 5) is 13.8. The molecule has 0 radical (unpaired) electrons. The molecule has 10 heteroatoms. The number of benzene rings is 1. The number of nitrogens with one attached hydrogen (secondary N) is 1. The molecule has 1 unspecified atom stereocenters. The second-order valence-electron chi connectivity index (χ2n) is 11.1. The van der Waals surface area contributed by atoms with Crippen LogP contribution in [0.3, 0.4) is 0 Å². The van der Waals surface area contributed by atoms with Crippen molar-refractivity contribution in [2.24, 2.45) is 12.5 Å². The van der Waals surface area contributed by atoms with Crippen LogP contribution in [-0.2, 0) is 18.0 Å². The molecule has 5 rings (SSSR count). The minimum Gasteiger partial charge on any atom is -0.354 e. The topological polar surface area (TPSA) is 63.1 Å². The van der Waals surface area contributed by atoms with Gasteiger partial charge >= 0.3 is 6.18 Å². The van der Waals surface area contributed by atoms with Gasteiger partial charge in [0.15, 0.2) is 5.16 Å². The monoisotopic (exact) mass is 535 g/mol. The molecule has 2 saturated carbocycles. The number of hydrogen-bond acceptors (Lipinski definition) is 5. The van der Waals surface area contributed by atoms with Gasteiger partial charge in [-0.15, -0.1) is 10.2 Å². The summed E-state index contributed by atoms with van der Waals surface area (Å²) in [5.41, 5.74) is 0.734. The Kier molecular flexibility index (Phi) is 7.60. The Hall–Kier alpha value is -2.07. The van der Waals surface area contributed by atoms with E-state index in [0.29, 0.717) is 11.8 Å². The van der Waals surface area contributed by atoms with Gasteiger partial charge in [0.2, 0.25) is 5.91 Å². The van der Waals surface area contributed by atoms with Gasteiger partial charge in [-0.25, -0.2) is 0 Å². The van der Waals surface area contributed by atoms with Crippen LogP contribution in [0.1, 0.15) is 80.7 Å². The molecule has 1 aliphatic heterocycles. The minimum absolute atomic E-state index is 0.0426. The number of likely N-dealkylation sites (tertiary alicyclic amines) is 1. The van der Waals surface area contributed by atoms with Crippen LogP contribution in [0.4, 0.5) is 13.2 Å². The fourth-order valence-electron chi connectivity index (χ4n) is 6.39. The summed E-state index contributed by atoms with van der Waals surface area (Å²) in [6.07, 6.45) is 3.00. The number of alkyl halides is 3. The number of nitrogens with zero attached hydrogens (tertiary/aromatic N) is 4. The van der Waals surface area contributed by atoms with E-state index in [1.54, 1.807) is 30.8 Å². The predicted molar refractivity (Wildman–Crippen MR) is 137 cm³/mol. The molecular formula is C27H36F3N5OS. The molecule has 1 aromatic carbocycles. The van der Waals surface area contributed by atoms with Crippen LogP contribution >= 0.6 is 11.8 Å². The van der Waals surface area contributed by atoms with E-state index >= 15 is 0 Å². The molecule has 2 aliphatic carbocycles. The fraction of sp³-hybridized carbons (Fsp3) is 0.667. The second-order valence-corrected chi connectivity index (χ2v) is 12.2. The van der Waals surface area contributed by atoms with Crippen molar-refractivity contribution in [3.63, 3.8) is 0 Å². The molecule has 0 bridgehead atoms. The highest BCUT2D eigenvalue weighted by Gasteiger charge is 2.57. The molecule has 37 heavy (non-hydrogen) atoms. The van der Waals surface area contributed by atoms with Gasteiger partial charge in [-0.3, -0.25) is 4.79 Å². The Morgan fingerprint density at radius 3 is 2.57 bits per heavy atom. The molecule has 3 aliphatic rings. The number of carbonyl (C=O) groups excluding carboxylic acids is 1. The maximum atomic E-state index is 12.9. The summed E-state index contributed by atoms with van der Waals surface area (Å²) >= 11 is 1.75. The lowest BCUT2D eigenvalue weighted by molar-refractivity contribution is -0.137. The third-order valence-electron chi connectivity index (χ3n) is 8.51. The van der Waals surface area contributed by atoms with Crippen molar-refractivity contribution < 1.29 is 18.0 Å². The van der Waals surface area contributed by atoms with Crippen molar-refractivity contribution in [3.8, 4) is 0 Å². The molecule has 1 spiro atoms. The number of amides is 1. The number of thioether (sulfide) groups is 1. The minimum atomic E-state index is -4.28. The lowest BCUT2D eigenvalue weighted by Gasteiger charge is -2.28. The Morgan fingerprint density at radius 2 is 1.89 bits per heavy atom. The van der Waals surface area contributed by atoms with Gasteiger partial charge in [-0.05, 0) is 87.1 Å². The van der Waals surface area contributed by atoms with Crippen molar-refractivity contribution in [2.75, 3.05) is 25.4 Å². The summed E-state index contributed by atoms with van der Waals surface area (Å²) in [7, 11) is 2.05. The number of hydrogen-bond donors (Lipinski definition) is 1. The Bertz CT molecular complexity index is 1100. The zero-order chi connectivity index (χ0) is 26.2. The van der Waals surface area contributed by atoms with Crippen molar-refractivity contribution in [2.45, 2.75) is 81.1 Å². The zero-order valence-corrected chi connectivity index (χ0v) is 22.4. The number of carbonyl (C=O) groups is 1. The molecule has 1 N–H and O–H groups in total. The molecule has 3 fully saturated rings. The smallest absolute Gasteiger partial charge is 0.354 e. The summed E-state index contributed by atoms with van der Waals surface area (Å²) < 4.78 is 40.7. The highest BCUT2D eigenvalue weighted by atomic mass is 32.2. The molecule has 1 saturated heterocycles. The van der Waals surface area contributed by atoms with E-state index in [1.807, 2.05) is 0 Å². The predicted octanol–water partition coefficient (Wildman–Crippen LogP) is 5.36. The molecule has 2 aromatic rings. The molecule has 2 heterocycles. The molecule has 2 atom stereocenters. The third-order valence-corrected chi connectivity index (χ3v) is 9.62. The average molecular weight is 536 g/mol. The van der Waals surface area contributed by atoms with E-state index in [9.17, 15) is 18.0 Å². The van der Waals surface area contributed by atoms with Crippen molar-refractivity contribution in [3.05, 3.63) is 41.2 Å². The van der Waals surface area contributed by atoms with E-state index in [1.165, 1.54) is 12.1 Å². The van der Waals surface area contributed by atoms with E-state index in [4.69, 9.17) is 0 Å². The highest BCUT2D eigenvalue weighted by molar-refractivity contribution is 7.99. The van der Waals surface area contributed by atoms with Gasteiger partial charge in [0.25, 0.3) is 0 Å². The van der Waals surface area contributed by atoms with Crippen LogP contribution in [0, 0.1) is 5.41 Å². The molecule has 202 valence electrons. The number of aromatic nitrogens is 3. The standard InChI is InChI=1S/C27H36F3N5OS/c1-18(36)31-22-10-6-20(7-11-22)24-32-33-25(34(24)2)37-15-3-13-35-14-12-26(17-35)16-23(26)19-4-8-21(9-5-19)27(28,29)30/h4-5,8-9,20,22-23H,3,6-7,10-17H2,1-2H3,(H,31,36)/t20?,22?,23?,26-/m0/s1. The van der Waals surface area contributed by atoms with Crippen molar-refractivity contribution in [1.29, 1.82) is 0 Å². The van der Waals surface area contributed by atoms with Crippen LogP contribution in [0.15, 0.2) is 29.4 Å². The van der Waals surface area contributed by atoms with E-state index < -0.39 is 11.7 Å². The first-order valence-corrected chi connectivity index (χ1v) is 14.3. The van der Waals surface area contributed by atoms with Crippen LogP contribution < -0.4 is 5.32 Å². The van der Waals surface area contributed by atoms with Gasteiger partial charge in [0, 0.05) is 38.2 Å². The molecule has 6 nitrogen and oxygen atoms in total. The zero-order valence-electron chi connectivity index (χ0n) is 21.6. The number of halogens is 3. The summed E-state index contributed by atoms with van der Waals surface area (Å²) in [5.74, 6) is 2.86. The lowest BCUT2D eigenvalue weighted by atomic mass is 9.85. The lowest BCUT2D eigenvalue weighted by Crippen LogP contribution is -2.36. The second kappa shape index (κ2) is 10.6. The molecule has 1 aromatic heterocycles. The first kappa shape index (κ1) is 26.5. The summed E-state index contributed by atoms with van der Waals surface area (Å²) in [6, 6.07) is 6.07. The third kappa shape index (κ3) is 6.00. The summed E-state index contributed by atoms with van der Waals surface area (Å²) in [5, 5.41) is 12.9. The first-order valence-electron chi connectivity index (χ1n) is 13.3. The van der Waals surface area contributed by atoms with Crippen molar-refractivity contribution >= 4 is 17.7 Å². The fourth-order valence-corrected chi connectivity index (χ4v) is 7.23. The molecular weight excluding hydrogens is 499 g/mol. The van der Waals surface area contributed by atoms with Gasteiger partial charge in [-0.1, -0.05) is 23.9 Å².